The Kier molecular flexibility index (Phi) is 6.49. The number of rotatable bonds is 5. The number of hydrogen-bond donors (Lipinski definition) is 1. The lowest BCUT2D eigenvalue weighted by molar-refractivity contribution is 0.0987. The van der Waals surface area contributed by atoms with E-state index in [4.69, 9.17) is 0 Å². The molecule has 4 rings (SSSR count). The van der Waals surface area contributed by atoms with Gasteiger partial charge in [0.25, 0.3) is 0 Å². The first-order valence-corrected chi connectivity index (χ1v) is 11.0. The van der Waals surface area contributed by atoms with Gasteiger partial charge in [0.15, 0.2) is 5.78 Å². The summed E-state index contributed by atoms with van der Waals surface area (Å²) in [5.74, 6) is -2.83. The number of aromatic hydroxyl groups is 1. The Balaban J connectivity index is 1.64. The zero-order valence-electron chi connectivity index (χ0n) is 18.5. The van der Waals surface area contributed by atoms with Crippen LogP contribution in [0.5, 0.6) is 5.75 Å². The quantitative estimate of drug-likeness (QED) is 0.464. The van der Waals surface area contributed by atoms with E-state index in [1.807, 2.05) is 6.07 Å². The van der Waals surface area contributed by atoms with Crippen molar-refractivity contribution in [2.45, 2.75) is 45.4 Å². The third-order valence-corrected chi connectivity index (χ3v) is 6.31. The lowest BCUT2D eigenvalue weighted by Gasteiger charge is -2.32. The van der Waals surface area contributed by atoms with Gasteiger partial charge in [-0.3, -0.25) is 9.78 Å². The number of nitrogens with zero attached hydrogens (tertiary/aromatic N) is 2. The highest BCUT2D eigenvalue weighted by Crippen LogP contribution is 2.40. The van der Waals surface area contributed by atoms with Gasteiger partial charge in [0.2, 0.25) is 0 Å². The highest BCUT2D eigenvalue weighted by atomic mass is 19.1. The van der Waals surface area contributed by atoms with Gasteiger partial charge in [-0.15, -0.1) is 0 Å². The van der Waals surface area contributed by atoms with Gasteiger partial charge in [-0.25, -0.2) is 18.2 Å². The van der Waals surface area contributed by atoms with Crippen molar-refractivity contribution in [1.82, 2.24) is 9.97 Å². The molecule has 1 unspecified atom stereocenters. The maximum atomic E-state index is 14.4. The number of carbonyl (C=O) groups excluding carboxylic acids is 1. The average molecular weight is 454 g/mol. The van der Waals surface area contributed by atoms with Crippen LogP contribution in [0.4, 0.5) is 13.2 Å². The number of halogens is 3. The Morgan fingerprint density at radius 3 is 2.33 bits per heavy atom. The third-order valence-electron chi connectivity index (χ3n) is 6.31. The summed E-state index contributed by atoms with van der Waals surface area (Å²) in [7, 11) is 0. The first kappa shape index (κ1) is 23.0. The summed E-state index contributed by atoms with van der Waals surface area (Å²) < 4.78 is 43.0. The van der Waals surface area contributed by atoms with Crippen LogP contribution in [0.15, 0.2) is 42.7 Å². The normalized spacial score (nSPS) is 20.6. The third kappa shape index (κ3) is 4.92. The van der Waals surface area contributed by atoms with Gasteiger partial charge in [-0.1, -0.05) is 13.8 Å². The SMILES string of the molecule is C[C@@H]1CC(c2ccncc2CC(=O)c2ccc(F)c(-c3c(F)cc(O)cc3F)n2)C[C@H](C)C1. The van der Waals surface area contributed by atoms with E-state index in [2.05, 4.69) is 23.8 Å². The lowest BCUT2D eigenvalue weighted by atomic mass is 9.73. The van der Waals surface area contributed by atoms with Crippen LogP contribution in [-0.4, -0.2) is 20.9 Å². The summed E-state index contributed by atoms with van der Waals surface area (Å²) in [5, 5.41) is 9.35. The highest BCUT2D eigenvalue weighted by Gasteiger charge is 2.27. The van der Waals surface area contributed by atoms with Crippen molar-refractivity contribution in [3.63, 3.8) is 0 Å². The molecule has 0 radical (unpaired) electrons. The maximum absolute atomic E-state index is 14.4. The number of pyridine rings is 2. The summed E-state index contributed by atoms with van der Waals surface area (Å²) in [6, 6.07) is 5.46. The molecule has 1 saturated carbocycles. The lowest BCUT2D eigenvalue weighted by Crippen LogP contribution is -2.20. The van der Waals surface area contributed by atoms with Gasteiger partial charge >= 0.3 is 0 Å². The fraction of sp³-hybridized carbons (Fsp3) is 0.346. The first-order valence-electron chi connectivity index (χ1n) is 11.0. The second-order valence-electron chi connectivity index (χ2n) is 9.10. The molecular formula is C26H25F3N2O2. The molecule has 2 aromatic heterocycles. The Morgan fingerprint density at radius 2 is 1.67 bits per heavy atom. The molecule has 1 aliphatic carbocycles. The van der Waals surface area contributed by atoms with E-state index in [9.17, 15) is 23.1 Å². The smallest absolute Gasteiger partial charge is 0.185 e. The van der Waals surface area contributed by atoms with Gasteiger partial charge in [0, 0.05) is 30.9 Å². The van der Waals surface area contributed by atoms with Crippen LogP contribution in [0, 0.1) is 29.3 Å². The Bertz CT molecular complexity index is 1160. The van der Waals surface area contributed by atoms with Crippen LogP contribution in [0.25, 0.3) is 11.3 Å². The Labute approximate surface area is 190 Å². The number of hydrogen-bond acceptors (Lipinski definition) is 4. The maximum Gasteiger partial charge on any atom is 0.185 e. The molecule has 3 atom stereocenters. The summed E-state index contributed by atoms with van der Waals surface area (Å²) in [5.41, 5.74) is 0.418. The van der Waals surface area contributed by atoms with Gasteiger partial charge in [0.1, 0.15) is 34.6 Å². The molecule has 2 heterocycles. The van der Waals surface area contributed by atoms with E-state index < -0.39 is 40.2 Å². The van der Waals surface area contributed by atoms with E-state index >= 15 is 0 Å². The summed E-state index contributed by atoms with van der Waals surface area (Å²) >= 11 is 0. The van der Waals surface area contributed by atoms with Crippen LogP contribution in [0.3, 0.4) is 0 Å². The monoisotopic (exact) mass is 454 g/mol. The zero-order valence-corrected chi connectivity index (χ0v) is 18.5. The molecule has 33 heavy (non-hydrogen) atoms. The van der Waals surface area contributed by atoms with Crippen molar-refractivity contribution < 1.29 is 23.1 Å². The van der Waals surface area contributed by atoms with Crippen molar-refractivity contribution >= 4 is 5.78 Å². The fourth-order valence-corrected chi connectivity index (χ4v) is 5.01. The molecular weight excluding hydrogens is 429 g/mol. The summed E-state index contributed by atoms with van der Waals surface area (Å²) in [6.45, 7) is 4.47. The molecule has 1 N–H and O–H groups in total. The molecule has 1 aromatic carbocycles. The van der Waals surface area contributed by atoms with Crippen molar-refractivity contribution in [3.05, 3.63) is 77.0 Å². The molecule has 0 spiro atoms. The van der Waals surface area contributed by atoms with E-state index in [0.717, 1.165) is 30.0 Å². The number of Topliss-reactive ketones (excluding diaryl/α,β-unsaturated/α-hetero) is 1. The van der Waals surface area contributed by atoms with Crippen LogP contribution in [0.1, 0.15) is 60.6 Å². The largest absolute Gasteiger partial charge is 0.508 e. The molecule has 0 saturated heterocycles. The minimum atomic E-state index is -1.17. The predicted octanol–water partition coefficient (Wildman–Crippen LogP) is 6.23. The number of carbonyl (C=O) groups is 1. The van der Waals surface area contributed by atoms with Crippen LogP contribution >= 0.6 is 0 Å². The number of phenolic OH excluding ortho intramolecular Hbond substituents is 1. The van der Waals surface area contributed by atoms with Crippen LogP contribution < -0.4 is 0 Å². The summed E-state index contributed by atoms with van der Waals surface area (Å²) in [4.78, 5) is 21.2. The first-order chi connectivity index (χ1) is 15.7. The molecule has 0 aliphatic heterocycles. The van der Waals surface area contributed by atoms with E-state index in [-0.39, 0.29) is 12.1 Å². The van der Waals surface area contributed by atoms with E-state index in [1.54, 1.807) is 12.4 Å². The zero-order chi connectivity index (χ0) is 23.7. The van der Waals surface area contributed by atoms with Gasteiger partial charge < -0.3 is 5.11 Å². The Hall–Kier alpha value is -3.22. The molecule has 4 nitrogen and oxygen atoms in total. The molecule has 172 valence electrons. The van der Waals surface area contributed by atoms with Crippen LogP contribution in [-0.2, 0) is 6.42 Å². The van der Waals surface area contributed by atoms with Crippen LogP contribution in [0.2, 0.25) is 0 Å². The summed E-state index contributed by atoms with van der Waals surface area (Å²) in [6.07, 6.45) is 6.64. The average Bonchev–Trinajstić information content (AvgIpc) is 2.74. The van der Waals surface area contributed by atoms with Gasteiger partial charge in [0.05, 0.1) is 5.56 Å². The van der Waals surface area contributed by atoms with Gasteiger partial charge in [-0.2, -0.15) is 0 Å². The molecule has 0 bridgehead atoms. The van der Waals surface area contributed by atoms with Crippen molar-refractivity contribution in [3.8, 4) is 17.0 Å². The number of phenols is 1. The molecule has 3 aromatic rings. The van der Waals surface area contributed by atoms with E-state index in [0.29, 0.717) is 29.9 Å². The number of ketones is 1. The fourth-order valence-electron chi connectivity index (χ4n) is 5.01. The molecule has 1 fully saturated rings. The highest BCUT2D eigenvalue weighted by molar-refractivity contribution is 5.96. The standard InChI is InChI=1S/C26H25F3N2O2/c1-14-7-15(2)9-16(8-14)19-5-6-30-13-17(19)10-24(33)23-4-3-20(27)26(31-23)25-21(28)11-18(32)12-22(25)29/h3-6,11-16,32H,7-10H2,1-2H3/t14-,15+,16?. The molecule has 1 aliphatic rings. The van der Waals surface area contributed by atoms with Crippen molar-refractivity contribution in [1.29, 1.82) is 0 Å². The van der Waals surface area contributed by atoms with E-state index in [1.165, 1.54) is 12.5 Å². The second kappa shape index (κ2) is 9.33. The van der Waals surface area contributed by atoms with Gasteiger partial charge in [-0.05, 0) is 66.3 Å². The predicted molar refractivity (Wildman–Crippen MR) is 118 cm³/mol. The second-order valence-corrected chi connectivity index (χ2v) is 9.10. The Morgan fingerprint density at radius 1 is 1.00 bits per heavy atom. The molecule has 0 amide bonds. The number of benzene rings is 1. The topological polar surface area (TPSA) is 63.1 Å². The number of aromatic nitrogens is 2. The van der Waals surface area contributed by atoms with Crippen molar-refractivity contribution in [2.75, 3.05) is 0 Å². The molecule has 7 heteroatoms. The minimum Gasteiger partial charge on any atom is -0.508 e. The minimum absolute atomic E-state index is 0.00104. The van der Waals surface area contributed by atoms with Crippen molar-refractivity contribution in [2.24, 2.45) is 11.8 Å².